The van der Waals surface area contributed by atoms with Crippen LogP contribution in [0, 0.1) is 12.8 Å². The molecule has 2 aromatic heterocycles. The number of amides is 2. The highest BCUT2D eigenvalue weighted by atomic mass is 16.5. The highest BCUT2D eigenvalue weighted by Crippen LogP contribution is 2.13. The molecule has 0 bridgehead atoms. The van der Waals surface area contributed by atoms with E-state index in [2.05, 4.69) is 15.5 Å². The van der Waals surface area contributed by atoms with Crippen molar-refractivity contribution in [3.8, 4) is 0 Å². The van der Waals surface area contributed by atoms with Crippen LogP contribution in [0.25, 0.3) is 0 Å². The first-order valence-electron chi connectivity index (χ1n) is 9.91. The van der Waals surface area contributed by atoms with Gasteiger partial charge in [-0.05, 0) is 30.5 Å². The molecule has 156 valence electrons. The van der Waals surface area contributed by atoms with Gasteiger partial charge in [-0.3, -0.25) is 14.6 Å². The molecule has 2 amide bonds. The summed E-state index contributed by atoms with van der Waals surface area (Å²) < 4.78 is 5.33. The van der Waals surface area contributed by atoms with Gasteiger partial charge in [0, 0.05) is 31.5 Å². The Balaban J connectivity index is 1.64. The van der Waals surface area contributed by atoms with Crippen molar-refractivity contribution in [3.63, 3.8) is 0 Å². The predicted molar refractivity (Wildman–Crippen MR) is 113 cm³/mol. The van der Waals surface area contributed by atoms with Crippen LogP contribution in [0.3, 0.4) is 0 Å². The molecule has 0 saturated heterocycles. The van der Waals surface area contributed by atoms with Crippen LogP contribution in [0.5, 0.6) is 0 Å². The van der Waals surface area contributed by atoms with Gasteiger partial charge >= 0.3 is 0 Å². The summed E-state index contributed by atoms with van der Waals surface area (Å²) >= 11 is 0. The van der Waals surface area contributed by atoms with Crippen LogP contribution < -0.4 is 5.32 Å². The van der Waals surface area contributed by atoms with Crippen molar-refractivity contribution in [2.24, 2.45) is 5.92 Å². The Morgan fingerprint density at radius 1 is 1.17 bits per heavy atom. The third-order valence-electron chi connectivity index (χ3n) is 4.49. The molecule has 0 unspecified atom stereocenters. The molecule has 30 heavy (non-hydrogen) atoms. The molecule has 7 nitrogen and oxygen atoms in total. The van der Waals surface area contributed by atoms with Crippen molar-refractivity contribution in [1.29, 1.82) is 0 Å². The predicted octanol–water partition coefficient (Wildman–Crippen LogP) is 3.61. The van der Waals surface area contributed by atoms with Crippen molar-refractivity contribution >= 4 is 11.8 Å². The van der Waals surface area contributed by atoms with Gasteiger partial charge in [0.05, 0.1) is 12.1 Å². The number of carbonyl (C=O) groups is 2. The zero-order valence-corrected chi connectivity index (χ0v) is 17.5. The third kappa shape index (κ3) is 5.76. The first-order valence-corrected chi connectivity index (χ1v) is 9.91. The summed E-state index contributed by atoms with van der Waals surface area (Å²) in [5.74, 6) is 0.261. The Labute approximate surface area is 176 Å². The van der Waals surface area contributed by atoms with Crippen molar-refractivity contribution in [2.75, 3.05) is 6.54 Å². The Morgan fingerprint density at radius 2 is 1.93 bits per heavy atom. The molecule has 3 aromatic rings. The van der Waals surface area contributed by atoms with Gasteiger partial charge in [-0.2, -0.15) is 0 Å². The summed E-state index contributed by atoms with van der Waals surface area (Å²) in [6.07, 6.45) is 3.17. The van der Waals surface area contributed by atoms with E-state index in [4.69, 9.17) is 4.52 Å². The fraction of sp³-hybridized carbons (Fsp3) is 0.304. The van der Waals surface area contributed by atoms with Crippen LogP contribution in [-0.2, 0) is 13.1 Å². The number of aryl methyl sites for hydroxylation is 1. The maximum absolute atomic E-state index is 12.9. The Kier molecular flexibility index (Phi) is 6.95. The van der Waals surface area contributed by atoms with E-state index in [9.17, 15) is 9.59 Å². The minimum atomic E-state index is -0.320. The topological polar surface area (TPSA) is 88.3 Å². The molecule has 1 aromatic carbocycles. The van der Waals surface area contributed by atoms with Gasteiger partial charge in [0.2, 0.25) is 0 Å². The number of aromatic nitrogens is 2. The molecular formula is C23H26N4O3. The van der Waals surface area contributed by atoms with Crippen LogP contribution >= 0.6 is 0 Å². The number of hydrogen-bond donors (Lipinski definition) is 1. The smallest absolute Gasteiger partial charge is 0.273 e. The van der Waals surface area contributed by atoms with E-state index >= 15 is 0 Å². The summed E-state index contributed by atoms with van der Waals surface area (Å²) in [4.78, 5) is 30.9. The van der Waals surface area contributed by atoms with E-state index in [-0.39, 0.29) is 30.0 Å². The van der Waals surface area contributed by atoms with Crippen molar-refractivity contribution in [1.82, 2.24) is 20.4 Å². The molecule has 7 heteroatoms. The van der Waals surface area contributed by atoms with E-state index in [1.54, 1.807) is 35.5 Å². The van der Waals surface area contributed by atoms with Gasteiger partial charge in [0.15, 0.2) is 11.5 Å². The number of pyridine rings is 1. The zero-order chi connectivity index (χ0) is 21.5. The average molecular weight is 406 g/mol. The Bertz CT molecular complexity index is 981. The fourth-order valence-electron chi connectivity index (χ4n) is 2.99. The zero-order valence-electron chi connectivity index (χ0n) is 17.5. The fourth-order valence-corrected chi connectivity index (χ4v) is 2.99. The summed E-state index contributed by atoms with van der Waals surface area (Å²) in [6.45, 7) is 7.26. The summed E-state index contributed by atoms with van der Waals surface area (Å²) in [6, 6.07) is 13.0. The molecule has 0 aliphatic carbocycles. The van der Waals surface area contributed by atoms with E-state index in [1.807, 2.05) is 45.0 Å². The van der Waals surface area contributed by atoms with Crippen LogP contribution in [-0.4, -0.2) is 33.4 Å². The SMILES string of the molecule is Cc1ccc(CNC(=O)c2cc(CN(CC(C)C)C(=O)c3cccnc3)on2)cc1. The van der Waals surface area contributed by atoms with Crippen LogP contribution in [0.15, 0.2) is 59.4 Å². The Hall–Kier alpha value is -3.48. The molecule has 2 heterocycles. The van der Waals surface area contributed by atoms with Crippen LogP contribution in [0.1, 0.15) is 51.6 Å². The normalized spacial score (nSPS) is 10.8. The van der Waals surface area contributed by atoms with E-state index < -0.39 is 0 Å². The maximum Gasteiger partial charge on any atom is 0.273 e. The van der Waals surface area contributed by atoms with Crippen molar-refractivity contribution in [2.45, 2.75) is 33.9 Å². The van der Waals surface area contributed by atoms with E-state index in [0.29, 0.717) is 24.4 Å². The first-order chi connectivity index (χ1) is 14.4. The van der Waals surface area contributed by atoms with Gasteiger partial charge in [0.25, 0.3) is 11.8 Å². The number of nitrogens with zero attached hydrogens (tertiary/aromatic N) is 3. The largest absolute Gasteiger partial charge is 0.359 e. The number of carbonyl (C=O) groups excluding carboxylic acids is 2. The quantitative estimate of drug-likeness (QED) is 0.617. The molecule has 1 N–H and O–H groups in total. The molecule has 0 saturated carbocycles. The van der Waals surface area contributed by atoms with Crippen LogP contribution in [0.4, 0.5) is 0 Å². The van der Waals surface area contributed by atoms with Crippen molar-refractivity contribution < 1.29 is 14.1 Å². The second-order valence-electron chi connectivity index (χ2n) is 7.67. The summed E-state index contributed by atoms with van der Waals surface area (Å²) in [5, 5.41) is 6.70. The number of hydrogen-bond acceptors (Lipinski definition) is 5. The molecular weight excluding hydrogens is 380 g/mol. The van der Waals surface area contributed by atoms with Crippen LogP contribution in [0.2, 0.25) is 0 Å². The van der Waals surface area contributed by atoms with E-state index in [1.165, 1.54) is 0 Å². The Morgan fingerprint density at radius 3 is 2.60 bits per heavy atom. The maximum atomic E-state index is 12.9. The second kappa shape index (κ2) is 9.82. The highest BCUT2D eigenvalue weighted by Gasteiger charge is 2.21. The molecule has 0 radical (unpaired) electrons. The first kappa shape index (κ1) is 21.2. The minimum absolute atomic E-state index is 0.140. The molecule has 0 spiro atoms. The summed E-state index contributed by atoms with van der Waals surface area (Å²) in [5.41, 5.74) is 2.87. The van der Waals surface area contributed by atoms with Crippen molar-refractivity contribution in [3.05, 3.63) is 83.0 Å². The second-order valence-corrected chi connectivity index (χ2v) is 7.67. The minimum Gasteiger partial charge on any atom is -0.359 e. The van der Waals surface area contributed by atoms with Gasteiger partial charge < -0.3 is 14.7 Å². The lowest BCUT2D eigenvalue weighted by atomic mass is 10.1. The average Bonchev–Trinajstić information content (AvgIpc) is 3.21. The van der Waals surface area contributed by atoms with Gasteiger partial charge in [0.1, 0.15) is 0 Å². The highest BCUT2D eigenvalue weighted by molar-refractivity contribution is 5.94. The number of benzene rings is 1. The standard InChI is InChI=1S/C23H26N4O3/c1-16(2)14-27(23(29)19-5-4-10-24-13-19)15-20-11-21(26-30-20)22(28)25-12-18-8-6-17(3)7-9-18/h4-11,13,16H,12,14-15H2,1-3H3,(H,25,28). The number of rotatable bonds is 8. The molecule has 3 rings (SSSR count). The monoisotopic (exact) mass is 406 g/mol. The molecule has 0 aliphatic heterocycles. The third-order valence-corrected chi connectivity index (χ3v) is 4.49. The lowest BCUT2D eigenvalue weighted by Gasteiger charge is -2.23. The van der Waals surface area contributed by atoms with Gasteiger partial charge in [-0.15, -0.1) is 0 Å². The van der Waals surface area contributed by atoms with Gasteiger partial charge in [-0.25, -0.2) is 0 Å². The lowest BCUT2D eigenvalue weighted by Crippen LogP contribution is -2.33. The molecule has 0 aliphatic rings. The van der Waals surface area contributed by atoms with E-state index in [0.717, 1.165) is 11.1 Å². The lowest BCUT2D eigenvalue weighted by molar-refractivity contribution is 0.0705. The summed E-state index contributed by atoms with van der Waals surface area (Å²) in [7, 11) is 0. The molecule has 0 fully saturated rings. The molecule has 0 atom stereocenters. The van der Waals surface area contributed by atoms with Gasteiger partial charge in [-0.1, -0.05) is 48.8 Å². The number of nitrogens with one attached hydrogen (secondary N) is 1.